The van der Waals surface area contributed by atoms with E-state index in [-0.39, 0.29) is 0 Å². The van der Waals surface area contributed by atoms with Crippen LogP contribution >= 0.6 is 31.9 Å². The summed E-state index contributed by atoms with van der Waals surface area (Å²) in [5, 5.41) is 11.8. The van der Waals surface area contributed by atoms with E-state index >= 15 is 0 Å². The van der Waals surface area contributed by atoms with Crippen molar-refractivity contribution in [2.75, 3.05) is 0 Å². The van der Waals surface area contributed by atoms with Crippen LogP contribution in [0.4, 0.5) is 0 Å². The van der Waals surface area contributed by atoms with Crippen molar-refractivity contribution in [2.45, 2.75) is 6.92 Å². The van der Waals surface area contributed by atoms with Crippen molar-refractivity contribution in [2.24, 2.45) is 0 Å². The van der Waals surface area contributed by atoms with Crippen LogP contribution in [0.15, 0.2) is 39.5 Å². The largest absolute Gasteiger partial charge is 0.617 e. The van der Waals surface area contributed by atoms with Gasteiger partial charge in [0, 0.05) is 28.1 Å². The number of rotatable bonds is 1. The second kappa shape index (κ2) is 4.51. The molecule has 0 fully saturated rings. The topological polar surface area (TPSA) is 39.8 Å². The Kier molecular flexibility index (Phi) is 3.25. The lowest BCUT2D eigenvalue weighted by Crippen LogP contribution is -2.31. The summed E-state index contributed by atoms with van der Waals surface area (Å²) in [5.74, 6) is 0. The van der Waals surface area contributed by atoms with E-state index in [0.29, 0.717) is 20.6 Å². The van der Waals surface area contributed by atoms with Crippen molar-refractivity contribution in [1.29, 1.82) is 0 Å². The second-order valence-electron chi connectivity index (χ2n) is 3.38. The Morgan fingerprint density at radius 3 is 2.69 bits per heavy atom. The van der Waals surface area contributed by atoms with Gasteiger partial charge in [0.1, 0.15) is 10.3 Å². The molecule has 2 heterocycles. The van der Waals surface area contributed by atoms with E-state index in [1.807, 2.05) is 25.1 Å². The van der Waals surface area contributed by atoms with E-state index < -0.39 is 0 Å². The van der Waals surface area contributed by atoms with E-state index in [9.17, 15) is 5.21 Å². The van der Waals surface area contributed by atoms with Crippen LogP contribution in [0.5, 0.6) is 0 Å². The first-order chi connectivity index (χ1) is 7.58. The highest BCUT2D eigenvalue weighted by Gasteiger charge is 2.14. The minimum absolute atomic E-state index is 0.490. The van der Waals surface area contributed by atoms with Crippen LogP contribution in [-0.2, 0) is 0 Å². The van der Waals surface area contributed by atoms with Crippen molar-refractivity contribution in [3.05, 3.63) is 50.3 Å². The molecule has 0 saturated carbocycles. The molecule has 0 radical (unpaired) electrons. The fraction of sp³-hybridized carbons (Fsp3) is 0.0909. The zero-order chi connectivity index (χ0) is 11.7. The molecule has 3 nitrogen and oxygen atoms in total. The summed E-state index contributed by atoms with van der Waals surface area (Å²) in [7, 11) is 0. The third-order valence-corrected chi connectivity index (χ3v) is 3.09. The zero-order valence-corrected chi connectivity index (χ0v) is 11.6. The van der Waals surface area contributed by atoms with Crippen LogP contribution in [-0.4, -0.2) is 4.98 Å². The van der Waals surface area contributed by atoms with Gasteiger partial charge in [-0.15, -0.1) is 0 Å². The maximum Gasteiger partial charge on any atom is 0.259 e. The molecule has 0 aliphatic rings. The first-order valence-electron chi connectivity index (χ1n) is 4.60. The second-order valence-corrected chi connectivity index (χ2v) is 5.01. The van der Waals surface area contributed by atoms with Gasteiger partial charge < -0.3 is 5.21 Å². The molecule has 0 spiro atoms. The minimum atomic E-state index is 0.490. The fourth-order valence-corrected chi connectivity index (χ4v) is 2.30. The van der Waals surface area contributed by atoms with Crippen LogP contribution in [0.2, 0.25) is 0 Å². The Morgan fingerprint density at radius 2 is 2.00 bits per heavy atom. The Morgan fingerprint density at radius 1 is 1.25 bits per heavy atom. The lowest BCUT2D eigenvalue weighted by molar-refractivity contribution is -0.605. The lowest BCUT2D eigenvalue weighted by atomic mass is 10.2. The summed E-state index contributed by atoms with van der Waals surface area (Å²) in [6, 6.07) is 9.06. The molecule has 0 aliphatic heterocycles. The molecule has 0 bridgehead atoms. The lowest BCUT2D eigenvalue weighted by Gasteiger charge is -2.06. The molecule has 0 unspecified atom stereocenters. The van der Waals surface area contributed by atoms with Gasteiger partial charge in [0.05, 0.1) is 0 Å². The number of aromatic nitrogens is 2. The molecule has 82 valence electrons. The van der Waals surface area contributed by atoms with E-state index in [2.05, 4.69) is 36.8 Å². The third kappa shape index (κ3) is 2.25. The highest BCUT2D eigenvalue weighted by atomic mass is 79.9. The fourth-order valence-electron chi connectivity index (χ4n) is 1.41. The van der Waals surface area contributed by atoms with Crippen LogP contribution in [0.1, 0.15) is 5.56 Å². The molecular formula is C11H8Br2N2O. The van der Waals surface area contributed by atoms with Gasteiger partial charge in [-0.2, -0.15) is 4.73 Å². The number of aryl methyl sites for hydroxylation is 1. The molecule has 2 rings (SSSR count). The molecule has 16 heavy (non-hydrogen) atoms. The highest BCUT2D eigenvalue weighted by Crippen LogP contribution is 2.19. The third-order valence-electron chi connectivity index (χ3n) is 2.10. The highest BCUT2D eigenvalue weighted by molar-refractivity contribution is 9.10. The Balaban J connectivity index is 2.64. The number of hydrogen-bond donors (Lipinski definition) is 0. The van der Waals surface area contributed by atoms with Gasteiger partial charge in [-0.25, -0.2) is 4.98 Å². The quantitative estimate of drug-likeness (QED) is 0.453. The summed E-state index contributed by atoms with van der Waals surface area (Å²) >= 11 is 6.51. The summed E-state index contributed by atoms with van der Waals surface area (Å²) in [4.78, 5) is 4.26. The average molecular weight is 344 g/mol. The minimum Gasteiger partial charge on any atom is -0.617 e. The van der Waals surface area contributed by atoms with Crippen molar-refractivity contribution in [3.63, 3.8) is 0 Å². The maximum atomic E-state index is 11.8. The molecule has 5 heteroatoms. The zero-order valence-electron chi connectivity index (χ0n) is 8.45. The van der Waals surface area contributed by atoms with Crippen LogP contribution in [0.3, 0.4) is 0 Å². The first-order valence-corrected chi connectivity index (χ1v) is 6.19. The van der Waals surface area contributed by atoms with E-state index in [1.54, 1.807) is 12.1 Å². The van der Waals surface area contributed by atoms with E-state index in [0.717, 1.165) is 10.3 Å². The average Bonchev–Trinajstić information content (AvgIpc) is 2.23. The summed E-state index contributed by atoms with van der Waals surface area (Å²) in [5.41, 5.74) is 2.19. The van der Waals surface area contributed by atoms with Crippen molar-refractivity contribution in [1.82, 2.24) is 4.98 Å². The molecule has 0 saturated heterocycles. The SMILES string of the molecule is Cc1cc(Br)[n+]([O-])c(-c2cccc(Br)n2)c1. The molecule has 0 aromatic carbocycles. The van der Waals surface area contributed by atoms with Crippen LogP contribution in [0.25, 0.3) is 11.4 Å². The summed E-state index contributed by atoms with van der Waals surface area (Å²) < 4.78 is 2.02. The monoisotopic (exact) mass is 342 g/mol. The maximum absolute atomic E-state index is 11.8. The Hall–Kier alpha value is -0.940. The van der Waals surface area contributed by atoms with Gasteiger partial charge >= 0.3 is 0 Å². The van der Waals surface area contributed by atoms with Gasteiger partial charge in [-0.3, -0.25) is 0 Å². The standard InChI is InChI=1S/C11H8Br2N2O/c1-7-5-9(15(16)11(13)6-7)8-3-2-4-10(12)14-8/h2-6H,1H3. The Bertz CT molecular complexity index is 544. The van der Waals surface area contributed by atoms with Crippen LogP contribution in [0, 0.1) is 12.1 Å². The molecule has 0 atom stereocenters. The number of pyridine rings is 2. The predicted molar refractivity (Wildman–Crippen MR) is 68.8 cm³/mol. The smallest absolute Gasteiger partial charge is 0.259 e. The van der Waals surface area contributed by atoms with E-state index in [4.69, 9.17) is 0 Å². The van der Waals surface area contributed by atoms with Gasteiger partial charge in [0.15, 0.2) is 0 Å². The normalized spacial score (nSPS) is 10.4. The molecule has 2 aromatic rings. The number of nitrogens with zero attached hydrogens (tertiary/aromatic N) is 2. The van der Waals surface area contributed by atoms with Crippen LogP contribution < -0.4 is 4.73 Å². The molecule has 0 aliphatic carbocycles. The van der Waals surface area contributed by atoms with Gasteiger partial charge in [0.25, 0.3) is 4.60 Å². The summed E-state index contributed by atoms with van der Waals surface area (Å²) in [6.07, 6.45) is 0. The Labute approximate surface area is 110 Å². The first kappa shape index (κ1) is 11.5. The summed E-state index contributed by atoms with van der Waals surface area (Å²) in [6.45, 7) is 1.94. The van der Waals surface area contributed by atoms with Gasteiger partial charge in [0.2, 0.25) is 5.69 Å². The van der Waals surface area contributed by atoms with Crippen molar-refractivity contribution < 1.29 is 4.73 Å². The number of hydrogen-bond acceptors (Lipinski definition) is 2. The van der Waals surface area contributed by atoms with Crippen molar-refractivity contribution in [3.8, 4) is 11.4 Å². The molecule has 0 amide bonds. The molecule has 2 aromatic heterocycles. The van der Waals surface area contributed by atoms with Crippen molar-refractivity contribution >= 4 is 31.9 Å². The molecule has 0 N–H and O–H groups in total. The number of halogens is 2. The van der Waals surface area contributed by atoms with E-state index in [1.165, 1.54) is 0 Å². The molecular weight excluding hydrogens is 336 g/mol. The predicted octanol–water partition coefficient (Wildman–Crippen LogP) is 3.22. The van der Waals surface area contributed by atoms with Gasteiger partial charge in [-0.1, -0.05) is 6.07 Å². The van der Waals surface area contributed by atoms with Gasteiger partial charge in [-0.05, 0) is 40.5 Å².